The second kappa shape index (κ2) is 6.25. The van der Waals surface area contributed by atoms with Crippen molar-refractivity contribution in [2.45, 2.75) is 6.92 Å². The van der Waals surface area contributed by atoms with Crippen molar-refractivity contribution < 1.29 is 19.1 Å². The zero-order valence-corrected chi connectivity index (χ0v) is 13.3. The van der Waals surface area contributed by atoms with Crippen LogP contribution in [0.1, 0.15) is 25.9 Å². The van der Waals surface area contributed by atoms with Crippen LogP contribution in [0.2, 0.25) is 0 Å². The molecule has 0 saturated heterocycles. The lowest BCUT2D eigenvalue weighted by molar-refractivity contribution is 0.0692. The van der Waals surface area contributed by atoms with E-state index in [1.807, 2.05) is 12.3 Å². The van der Waals surface area contributed by atoms with E-state index in [0.717, 1.165) is 28.4 Å². The highest BCUT2D eigenvalue weighted by Gasteiger charge is 2.14. The number of rotatable bonds is 4. The van der Waals surface area contributed by atoms with Crippen LogP contribution < -0.4 is 5.32 Å². The van der Waals surface area contributed by atoms with Gasteiger partial charge >= 0.3 is 5.97 Å². The summed E-state index contributed by atoms with van der Waals surface area (Å²) in [5.41, 5.74) is 1.55. The van der Waals surface area contributed by atoms with E-state index in [1.54, 1.807) is 12.3 Å². The van der Waals surface area contributed by atoms with Gasteiger partial charge in [0.25, 0.3) is 5.91 Å². The summed E-state index contributed by atoms with van der Waals surface area (Å²) in [6, 6.07) is 5.05. The molecule has 6 nitrogen and oxygen atoms in total. The lowest BCUT2D eigenvalue weighted by Gasteiger charge is -2.05. The van der Waals surface area contributed by atoms with Crippen LogP contribution in [-0.4, -0.2) is 27.0 Å². The maximum Gasteiger partial charge on any atom is 0.338 e. The summed E-state index contributed by atoms with van der Waals surface area (Å²) in [6.45, 7) is 1.89. The largest absolute Gasteiger partial charge is 0.478 e. The second-order valence-electron chi connectivity index (χ2n) is 5.01. The normalized spacial score (nSPS) is 10.6. The first-order chi connectivity index (χ1) is 11.4. The Morgan fingerprint density at radius 3 is 2.75 bits per heavy atom. The number of anilines is 1. The topological polar surface area (TPSA) is 95.1 Å². The molecule has 122 valence electrons. The highest BCUT2D eigenvalue weighted by atomic mass is 32.1. The molecule has 3 rings (SSSR count). The molecule has 0 unspecified atom stereocenters. The first-order valence-electron chi connectivity index (χ1n) is 6.89. The minimum absolute atomic E-state index is 0.170. The van der Waals surface area contributed by atoms with Crippen LogP contribution in [0.5, 0.6) is 0 Å². The number of hydrogen-bond acceptors (Lipinski definition) is 4. The van der Waals surface area contributed by atoms with Crippen LogP contribution in [0.15, 0.2) is 35.8 Å². The molecule has 0 atom stereocenters. The number of nitrogens with zero attached hydrogens (tertiary/aromatic N) is 1. The highest BCUT2D eigenvalue weighted by Crippen LogP contribution is 2.23. The molecule has 3 aromatic rings. The monoisotopic (exact) mass is 345 g/mol. The number of aromatic amines is 1. The summed E-state index contributed by atoms with van der Waals surface area (Å²) in [4.78, 5) is 30.2. The van der Waals surface area contributed by atoms with Gasteiger partial charge in [-0.05, 0) is 31.2 Å². The molecule has 0 saturated carbocycles. The number of aryl methyl sites for hydroxylation is 1. The van der Waals surface area contributed by atoms with Crippen LogP contribution >= 0.6 is 11.3 Å². The smallest absolute Gasteiger partial charge is 0.338 e. The highest BCUT2D eigenvalue weighted by molar-refractivity contribution is 7.09. The Labute approximate surface area is 140 Å². The van der Waals surface area contributed by atoms with E-state index in [4.69, 9.17) is 5.11 Å². The molecule has 0 aliphatic rings. The summed E-state index contributed by atoms with van der Waals surface area (Å²) in [5.74, 6) is -2.74. The van der Waals surface area contributed by atoms with Gasteiger partial charge in [-0.1, -0.05) is 0 Å². The summed E-state index contributed by atoms with van der Waals surface area (Å²) in [7, 11) is 0. The number of carboxylic acid groups (broad SMARTS) is 1. The molecule has 0 radical (unpaired) electrons. The third kappa shape index (κ3) is 3.18. The van der Waals surface area contributed by atoms with Gasteiger partial charge in [0.15, 0.2) is 0 Å². The van der Waals surface area contributed by atoms with Crippen molar-refractivity contribution in [3.63, 3.8) is 0 Å². The third-order valence-corrected chi connectivity index (χ3v) is 4.07. The Bertz CT molecular complexity index is 932. The predicted octanol–water partition coefficient (Wildman–Crippen LogP) is 3.54. The number of thiazole rings is 1. The number of aromatic nitrogens is 2. The molecule has 0 fully saturated rings. The van der Waals surface area contributed by atoms with E-state index >= 15 is 0 Å². The van der Waals surface area contributed by atoms with Gasteiger partial charge < -0.3 is 15.4 Å². The molecule has 0 aliphatic heterocycles. The van der Waals surface area contributed by atoms with Gasteiger partial charge in [0, 0.05) is 22.8 Å². The van der Waals surface area contributed by atoms with Crippen LogP contribution in [0.4, 0.5) is 10.1 Å². The van der Waals surface area contributed by atoms with Crippen molar-refractivity contribution >= 4 is 28.9 Å². The molecule has 1 amide bonds. The fourth-order valence-corrected chi connectivity index (χ4v) is 2.76. The van der Waals surface area contributed by atoms with Crippen molar-refractivity contribution in [2.75, 3.05) is 5.32 Å². The van der Waals surface area contributed by atoms with E-state index < -0.39 is 23.3 Å². The second-order valence-corrected chi connectivity index (χ2v) is 6.07. The van der Waals surface area contributed by atoms with Crippen molar-refractivity contribution in [1.29, 1.82) is 0 Å². The zero-order chi connectivity index (χ0) is 17.3. The molecule has 3 N–H and O–H groups in total. The SMILES string of the molecule is Cc1nc(-c2c[nH]c(C(=O)Nc3ccc(C(=O)O)c(F)c3)c2)cs1. The molecule has 0 bridgehead atoms. The molecule has 8 heteroatoms. The molecular weight excluding hydrogens is 333 g/mol. The Morgan fingerprint density at radius 2 is 2.12 bits per heavy atom. The fourth-order valence-electron chi connectivity index (χ4n) is 2.13. The Hall–Kier alpha value is -3.00. The standard InChI is InChI=1S/C16H12FN3O3S/c1-8-19-14(7-24-8)9-4-13(18-6-9)15(21)20-10-2-3-11(16(22)23)12(17)5-10/h2-7,18H,1H3,(H,20,21)(H,22,23). The number of H-pyrrole nitrogens is 1. The Kier molecular flexibility index (Phi) is 4.13. The van der Waals surface area contributed by atoms with Crippen molar-refractivity contribution in [1.82, 2.24) is 9.97 Å². The maximum atomic E-state index is 13.6. The van der Waals surface area contributed by atoms with Crippen molar-refractivity contribution in [2.24, 2.45) is 0 Å². The number of carbonyl (C=O) groups is 2. The average molecular weight is 345 g/mol. The summed E-state index contributed by atoms with van der Waals surface area (Å²) < 4.78 is 13.6. The van der Waals surface area contributed by atoms with Gasteiger partial charge in [-0.15, -0.1) is 11.3 Å². The van der Waals surface area contributed by atoms with Gasteiger partial charge in [0.1, 0.15) is 11.5 Å². The number of benzene rings is 1. The number of carboxylic acids is 1. The fraction of sp³-hybridized carbons (Fsp3) is 0.0625. The van der Waals surface area contributed by atoms with E-state index in [2.05, 4.69) is 15.3 Å². The molecule has 2 heterocycles. The summed E-state index contributed by atoms with van der Waals surface area (Å²) in [5, 5.41) is 14.1. The van der Waals surface area contributed by atoms with E-state index in [9.17, 15) is 14.0 Å². The molecular formula is C16H12FN3O3S. The molecule has 0 spiro atoms. The molecule has 24 heavy (non-hydrogen) atoms. The Balaban J connectivity index is 1.77. The van der Waals surface area contributed by atoms with Crippen LogP contribution in [0, 0.1) is 12.7 Å². The summed E-state index contributed by atoms with van der Waals surface area (Å²) >= 11 is 1.51. The lowest BCUT2D eigenvalue weighted by Crippen LogP contribution is -2.13. The van der Waals surface area contributed by atoms with E-state index in [1.165, 1.54) is 17.4 Å². The molecule has 2 aromatic heterocycles. The summed E-state index contributed by atoms with van der Waals surface area (Å²) in [6.07, 6.45) is 1.66. The Morgan fingerprint density at radius 1 is 1.33 bits per heavy atom. The van der Waals surface area contributed by atoms with Gasteiger partial charge in [-0.2, -0.15) is 0 Å². The third-order valence-electron chi connectivity index (χ3n) is 3.30. The number of halogens is 1. The first-order valence-corrected chi connectivity index (χ1v) is 7.77. The van der Waals surface area contributed by atoms with E-state index in [0.29, 0.717) is 5.69 Å². The maximum absolute atomic E-state index is 13.6. The van der Waals surface area contributed by atoms with Crippen molar-refractivity contribution in [3.8, 4) is 11.3 Å². The molecule has 1 aromatic carbocycles. The number of carbonyl (C=O) groups excluding carboxylic acids is 1. The number of hydrogen-bond donors (Lipinski definition) is 3. The minimum Gasteiger partial charge on any atom is -0.478 e. The number of amides is 1. The number of nitrogens with one attached hydrogen (secondary N) is 2. The minimum atomic E-state index is -1.36. The van der Waals surface area contributed by atoms with Gasteiger partial charge in [0.05, 0.1) is 16.3 Å². The average Bonchev–Trinajstić information content (AvgIpc) is 3.15. The van der Waals surface area contributed by atoms with Crippen LogP contribution in [0.25, 0.3) is 11.3 Å². The lowest BCUT2D eigenvalue weighted by atomic mass is 10.2. The quantitative estimate of drug-likeness (QED) is 0.674. The predicted molar refractivity (Wildman–Crippen MR) is 88.0 cm³/mol. The van der Waals surface area contributed by atoms with Crippen LogP contribution in [0.3, 0.4) is 0 Å². The zero-order valence-electron chi connectivity index (χ0n) is 12.5. The van der Waals surface area contributed by atoms with Gasteiger partial charge in [-0.25, -0.2) is 14.2 Å². The first kappa shape index (κ1) is 15.9. The molecule has 0 aliphatic carbocycles. The van der Waals surface area contributed by atoms with Gasteiger partial charge in [0.2, 0.25) is 0 Å². The van der Waals surface area contributed by atoms with Crippen molar-refractivity contribution in [3.05, 3.63) is 57.9 Å². The van der Waals surface area contributed by atoms with Crippen LogP contribution in [-0.2, 0) is 0 Å². The number of aromatic carboxylic acids is 1. The van der Waals surface area contributed by atoms with Gasteiger partial charge in [-0.3, -0.25) is 4.79 Å². The van der Waals surface area contributed by atoms with E-state index in [-0.39, 0.29) is 5.69 Å².